The summed E-state index contributed by atoms with van der Waals surface area (Å²) in [6.45, 7) is 1.05. The van der Waals surface area contributed by atoms with Crippen LogP contribution in [0.15, 0.2) is 18.2 Å². The first-order valence-corrected chi connectivity index (χ1v) is 5.92. The van der Waals surface area contributed by atoms with Crippen LogP contribution >= 0.6 is 11.6 Å². The summed E-state index contributed by atoms with van der Waals surface area (Å²) in [7, 11) is 1.67. The fraction of sp³-hybridized carbons (Fsp3) is 0.417. The second kappa shape index (κ2) is 7.20. The van der Waals surface area contributed by atoms with E-state index >= 15 is 0 Å². The number of ether oxygens (including phenoxy) is 1. The third kappa shape index (κ3) is 4.52. The molecule has 1 aromatic carbocycles. The summed E-state index contributed by atoms with van der Waals surface area (Å²) in [6, 6.07) is 4.74. The summed E-state index contributed by atoms with van der Waals surface area (Å²) in [4.78, 5) is 13.5. The molecule has 0 heterocycles. The molecule has 1 rings (SSSR count). The molecule has 6 heteroatoms. The minimum atomic E-state index is -0.170. The Bertz CT molecular complexity index is 392. The number of benzene rings is 1. The number of halogens is 1. The van der Waals surface area contributed by atoms with Crippen LogP contribution in [-0.2, 0) is 4.74 Å². The van der Waals surface area contributed by atoms with E-state index in [9.17, 15) is 4.79 Å². The van der Waals surface area contributed by atoms with Gasteiger partial charge >= 0.3 is 0 Å². The Kier molecular flexibility index (Phi) is 5.91. The number of nitrogens with two attached hydrogens (primary N) is 1. The average molecular weight is 273 g/mol. The molecule has 0 spiro atoms. The van der Waals surface area contributed by atoms with Gasteiger partial charge in [-0.2, -0.15) is 0 Å². The van der Waals surface area contributed by atoms with Crippen molar-refractivity contribution in [2.75, 3.05) is 39.1 Å². The molecule has 1 aromatic rings. The van der Waals surface area contributed by atoms with Crippen molar-refractivity contribution in [3.8, 4) is 0 Å². The summed E-state index contributed by atoms with van der Waals surface area (Å²) in [5.41, 5.74) is 6.53. The highest BCUT2D eigenvalue weighted by Crippen LogP contribution is 2.17. The average Bonchev–Trinajstić information content (AvgIpc) is 2.32. The molecule has 0 aliphatic carbocycles. The van der Waals surface area contributed by atoms with Gasteiger partial charge in [-0.15, -0.1) is 0 Å². The van der Waals surface area contributed by atoms with Gasteiger partial charge in [-0.25, -0.2) is 0 Å². The van der Waals surface area contributed by atoms with Crippen LogP contribution in [-0.4, -0.2) is 49.3 Å². The molecule has 0 aromatic heterocycles. The number of aliphatic hydroxyl groups excluding tert-OH is 1. The molecule has 0 radical (unpaired) electrons. The molecule has 1 amide bonds. The Hall–Kier alpha value is -1.30. The molecular weight excluding hydrogens is 256 g/mol. The van der Waals surface area contributed by atoms with Crippen molar-refractivity contribution in [3.05, 3.63) is 28.8 Å². The zero-order valence-corrected chi connectivity index (χ0v) is 11.0. The van der Waals surface area contributed by atoms with Gasteiger partial charge in [-0.05, 0) is 18.2 Å². The number of likely N-dealkylation sites (N-methyl/N-ethyl adjacent to an activating group) is 1. The van der Waals surface area contributed by atoms with E-state index < -0.39 is 0 Å². The van der Waals surface area contributed by atoms with Crippen LogP contribution in [0.4, 0.5) is 5.69 Å². The standard InChI is InChI=1S/C12H17ClN2O3/c1-15(2-4-18-5-3-16)12(17)9-6-10(13)8-11(14)7-9/h6-8,16H,2-5,14H2,1H3. The minimum Gasteiger partial charge on any atom is -0.399 e. The Labute approximate surface area is 111 Å². The van der Waals surface area contributed by atoms with Crippen molar-refractivity contribution in [3.63, 3.8) is 0 Å². The lowest BCUT2D eigenvalue weighted by Crippen LogP contribution is -2.30. The normalized spacial score (nSPS) is 10.4. The molecular formula is C12H17ClN2O3. The number of amides is 1. The lowest BCUT2D eigenvalue weighted by molar-refractivity contribution is 0.0618. The summed E-state index contributed by atoms with van der Waals surface area (Å²) in [6.07, 6.45) is 0. The molecule has 18 heavy (non-hydrogen) atoms. The molecule has 0 aliphatic rings. The fourth-order valence-corrected chi connectivity index (χ4v) is 1.67. The SMILES string of the molecule is CN(CCOCCO)C(=O)c1cc(N)cc(Cl)c1. The van der Waals surface area contributed by atoms with Crippen molar-refractivity contribution in [1.82, 2.24) is 4.90 Å². The van der Waals surface area contributed by atoms with E-state index in [1.807, 2.05) is 0 Å². The number of rotatable bonds is 6. The number of nitrogen functional groups attached to an aromatic ring is 1. The third-order valence-electron chi connectivity index (χ3n) is 2.32. The van der Waals surface area contributed by atoms with Gasteiger partial charge in [0.25, 0.3) is 5.91 Å². The van der Waals surface area contributed by atoms with Gasteiger partial charge in [-0.3, -0.25) is 4.79 Å². The number of nitrogens with zero attached hydrogens (tertiary/aromatic N) is 1. The quantitative estimate of drug-likeness (QED) is 0.598. The van der Waals surface area contributed by atoms with E-state index in [0.29, 0.717) is 29.4 Å². The molecule has 0 unspecified atom stereocenters. The molecule has 100 valence electrons. The smallest absolute Gasteiger partial charge is 0.253 e. The molecule has 0 saturated heterocycles. The van der Waals surface area contributed by atoms with Crippen LogP contribution < -0.4 is 5.73 Å². The zero-order valence-electron chi connectivity index (χ0n) is 10.2. The highest BCUT2D eigenvalue weighted by molar-refractivity contribution is 6.31. The number of hydrogen-bond donors (Lipinski definition) is 2. The maximum absolute atomic E-state index is 12.0. The number of carbonyl (C=O) groups excluding carboxylic acids is 1. The minimum absolute atomic E-state index is 0.0253. The van der Waals surface area contributed by atoms with Crippen molar-refractivity contribution in [1.29, 1.82) is 0 Å². The Morgan fingerprint density at radius 3 is 2.78 bits per heavy atom. The first kappa shape index (κ1) is 14.8. The molecule has 0 atom stereocenters. The number of anilines is 1. The van der Waals surface area contributed by atoms with E-state index in [1.54, 1.807) is 25.2 Å². The van der Waals surface area contributed by atoms with Crippen molar-refractivity contribution >= 4 is 23.2 Å². The molecule has 0 bridgehead atoms. The topological polar surface area (TPSA) is 75.8 Å². The van der Waals surface area contributed by atoms with Gasteiger partial charge in [0.1, 0.15) is 0 Å². The first-order valence-electron chi connectivity index (χ1n) is 5.54. The first-order chi connectivity index (χ1) is 8.54. The van der Waals surface area contributed by atoms with E-state index in [1.165, 1.54) is 4.90 Å². The van der Waals surface area contributed by atoms with Crippen LogP contribution in [0, 0.1) is 0 Å². The van der Waals surface area contributed by atoms with Crippen molar-refractivity contribution in [2.24, 2.45) is 0 Å². The second-order valence-corrected chi connectivity index (χ2v) is 4.27. The molecule has 0 saturated carbocycles. The number of hydrogen-bond acceptors (Lipinski definition) is 4. The molecule has 0 aliphatic heterocycles. The second-order valence-electron chi connectivity index (χ2n) is 3.84. The Balaban J connectivity index is 2.57. The van der Waals surface area contributed by atoms with Gasteiger partial charge in [0.2, 0.25) is 0 Å². The predicted molar refractivity (Wildman–Crippen MR) is 70.7 cm³/mol. The third-order valence-corrected chi connectivity index (χ3v) is 2.54. The maximum atomic E-state index is 12.0. The molecule has 3 N–H and O–H groups in total. The number of carbonyl (C=O) groups is 1. The predicted octanol–water partition coefficient (Wildman–Crippen LogP) is 1.00. The Morgan fingerprint density at radius 2 is 2.17 bits per heavy atom. The Morgan fingerprint density at radius 1 is 1.44 bits per heavy atom. The molecule has 5 nitrogen and oxygen atoms in total. The van der Waals surface area contributed by atoms with Gasteiger partial charge in [0, 0.05) is 29.9 Å². The fourth-order valence-electron chi connectivity index (χ4n) is 1.43. The summed E-state index contributed by atoms with van der Waals surface area (Å²) in [5.74, 6) is -0.170. The van der Waals surface area contributed by atoms with Crippen LogP contribution in [0.5, 0.6) is 0 Å². The van der Waals surface area contributed by atoms with Crippen LogP contribution in [0.3, 0.4) is 0 Å². The van der Waals surface area contributed by atoms with Gasteiger partial charge in [-0.1, -0.05) is 11.6 Å². The summed E-state index contributed by atoms with van der Waals surface area (Å²) >= 11 is 5.84. The zero-order chi connectivity index (χ0) is 13.5. The molecule has 0 fully saturated rings. The van der Waals surface area contributed by atoms with Gasteiger partial charge in [0.05, 0.1) is 19.8 Å². The van der Waals surface area contributed by atoms with Crippen LogP contribution in [0.25, 0.3) is 0 Å². The van der Waals surface area contributed by atoms with Gasteiger partial charge < -0.3 is 20.5 Å². The monoisotopic (exact) mass is 272 g/mol. The highest BCUT2D eigenvalue weighted by Gasteiger charge is 2.12. The van der Waals surface area contributed by atoms with Crippen molar-refractivity contribution in [2.45, 2.75) is 0 Å². The van der Waals surface area contributed by atoms with Crippen molar-refractivity contribution < 1.29 is 14.6 Å². The van der Waals surface area contributed by atoms with Crippen LogP contribution in [0.1, 0.15) is 10.4 Å². The lowest BCUT2D eigenvalue weighted by atomic mass is 10.2. The van der Waals surface area contributed by atoms with E-state index in [4.69, 9.17) is 27.2 Å². The summed E-state index contributed by atoms with van der Waals surface area (Å²) in [5, 5.41) is 8.98. The van der Waals surface area contributed by atoms with E-state index in [2.05, 4.69) is 0 Å². The number of aliphatic hydroxyl groups is 1. The van der Waals surface area contributed by atoms with Crippen LogP contribution in [0.2, 0.25) is 5.02 Å². The maximum Gasteiger partial charge on any atom is 0.253 e. The lowest BCUT2D eigenvalue weighted by Gasteiger charge is -2.17. The highest BCUT2D eigenvalue weighted by atomic mass is 35.5. The summed E-state index contributed by atoms with van der Waals surface area (Å²) < 4.78 is 5.09. The largest absolute Gasteiger partial charge is 0.399 e. The van der Waals surface area contributed by atoms with Gasteiger partial charge in [0.15, 0.2) is 0 Å². The van der Waals surface area contributed by atoms with E-state index in [-0.39, 0.29) is 19.1 Å². The van der Waals surface area contributed by atoms with E-state index in [0.717, 1.165) is 0 Å².